The van der Waals surface area contributed by atoms with E-state index in [4.69, 9.17) is 11.5 Å². The Bertz CT molecular complexity index is 625. The van der Waals surface area contributed by atoms with Crippen LogP contribution < -0.4 is 11.5 Å². The first-order chi connectivity index (χ1) is 8.80. The molecule has 2 rings (SSSR count). The van der Waals surface area contributed by atoms with Gasteiger partial charge in [0, 0.05) is 17.4 Å². The number of anilines is 1. The fourth-order valence-electron chi connectivity index (χ4n) is 1.69. The molecule has 0 aliphatic carbocycles. The van der Waals surface area contributed by atoms with Gasteiger partial charge in [-0.15, -0.1) is 12.4 Å². The number of aromatic nitrogens is 2. The van der Waals surface area contributed by atoms with Crippen LogP contribution in [0.3, 0.4) is 0 Å². The second kappa shape index (κ2) is 5.41. The summed E-state index contributed by atoms with van der Waals surface area (Å²) in [4.78, 5) is 11.1. The predicted octanol–water partition coefficient (Wildman–Crippen LogP) is 2.20. The van der Waals surface area contributed by atoms with Crippen molar-refractivity contribution in [1.29, 1.82) is 0 Å². The summed E-state index contributed by atoms with van der Waals surface area (Å²) in [7, 11) is 0. The summed E-state index contributed by atoms with van der Waals surface area (Å²) in [6.45, 7) is 0. The van der Waals surface area contributed by atoms with E-state index in [2.05, 4.69) is 10.2 Å². The molecule has 0 bridgehead atoms. The van der Waals surface area contributed by atoms with Crippen molar-refractivity contribution in [1.82, 2.24) is 10.2 Å². The van der Waals surface area contributed by atoms with Gasteiger partial charge in [-0.1, -0.05) is 0 Å². The van der Waals surface area contributed by atoms with Gasteiger partial charge in [0.15, 0.2) is 0 Å². The maximum atomic E-state index is 12.9. The van der Waals surface area contributed by atoms with Crippen LogP contribution >= 0.6 is 12.4 Å². The van der Waals surface area contributed by atoms with Crippen molar-refractivity contribution in [2.24, 2.45) is 5.73 Å². The number of primary amides is 1. The third-order valence-corrected chi connectivity index (χ3v) is 2.55. The van der Waals surface area contributed by atoms with Crippen LogP contribution in [0, 0.1) is 0 Å². The molecule has 5 nitrogen and oxygen atoms in total. The number of rotatable bonds is 2. The van der Waals surface area contributed by atoms with Crippen LogP contribution in [-0.2, 0) is 6.18 Å². The molecule has 2 aromatic rings. The summed E-state index contributed by atoms with van der Waals surface area (Å²) in [5, 5.41) is 5.99. The standard InChI is InChI=1S/C11H9F3N4O.ClH/c12-11(13,14)7-4-8(15)6(10(16)19)3-5(7)9-1-2-17-18-9;/h1-4H,15H2,(H2,16,19)(H,17,18);1H. The summed E-state index contributed by atoms with van der Waals surface area (Å²) < 4.78 is 38.8. The highest BCUT2D eigenvalue weighted by atomic mass is 35.5. The SMILES string of the molecule is Cl.NC(=O)c1cc(-c2ccn[nH]2)c(C(F)(F)F)cc1N. The number of halogens is 4. The van der Waals surface area contributed by atoms with Crippen molar-refractivity contribution < 1.29 is 18.0 Å². The van der Waals surface area contributed by atoms with Crippen LogP contribution in [-0.4, -0.2) is 16.1 Å². The minimum atomic E-state index is -4.61. The molecule has 0 saturated heterocycles. The molecule has 1 heterocycles. The van der Waals surface area contributed by atoms with Gasteiger partial charge >= 0.3 is 6.18 Å². The number of benzene rings is 1. The molecule has 0 atom stereocenters. The van der Waals surface area contributed by atoms with Crippen LogP contribution in [0.5, 0.6) is 0 Å². The van der Waals surface area contributed by atoms with Gasteiger partial charge in [-0.05, 0) is 18.2 Å². The number of carbonyl (C=O) groups excluding carboxylic acids is 1. The van der Waals surface area contributed by atoms with Crippen LogP contribution in [0.2, 0.25) is 0 Å². The maximum absolute atomic E-state index is 12.9. The molecular weight excluding hydrogens is 297 g/mol. The molecule has 0 fully saturated rings. The average molecular weight is 307 g/mol. The highest BCUT2D eigenvalue weighted by Gasteiger charge is 2.35. The van der Waals surface area contributed by atoms with Gasteiger partial charge in [0.25, 0.3) is 5.91 Å². The number of nitrogens with two attached hydrogens (primary N) is 2. The monoisotopic (exact) mass is 306 g/mol. The fourth-order valence-corrected chi connectivity index (χ4v) is 1.69. The van der Waals surface area contributed by atoms with Gasteiger partial charge in [-0.3, -0.25) is 9.89 Å². The van der Waals surface area contributed by atoms with Crippen molar-refractivity contribution >= 4 is 24.0 Å². The quantitative estimate of drug-likeness (QED) is 0.742. The van der Waals surface area contributed by atoms with E-state index in [1.54, 1.807) is 0 Å². The third kappa shape index (κ3) is 2.85. The molecule has 0 saturated carbocycles. The number of amides is 1. The van der Waals surface area contributed by atoms with E-state index >= 15 is 0 Å². The van der Waals surface area contributed by atoms with Crippen molar-refractivity contribution in [2.45, 2.75) is 6.18 Å². The van der Waals surface area contributed by atoms with Crippen molar-refractivity contribution in [3.05, 3.63) is 35.5 Å². The lowest BCUT2D eigenvalue weighted by molar-refractivity contribution is -0.137. The van der Waals surface area contributed by atoms with E-state index in [0.29, 0.717) is 6.07 Å². The van der Waals surface area contributed by atoms with E-state index in [1.807, 2.05) is 0 Å². The number of alkyl halides is 3. The number of nitrogens with one attached hydrogen (secondary N) is 1. The summed E-state index contributed by atoms with van der Waals surface area (Å²) in [6.07, 6.45) is -3.31. The Morgan fingerprint density at radius 3 is 2.40 bits per heavy atom. The van der Waals surface area contributed by atoms with E-state index in [0.717, 1.165) is 6.07 Å². The summed E-state index contributed by atoms with van der Waals surface area (Å²) >= 11 is 0. The van der Waals surface area contributed by atoms with Gasteiger partial charge in [0.2, 0.25) is 0 Å². The van der Waals surface area contributed by atoms with Crippen molar-refractivity contribution in [3.8, 4) is 11.3 Å². The molecule has 1 aromatic heterocycles. The zero-order chi connectivity index (χ0) is 14.2. The van der Waals surface area contributed by atoms with Crippen LogP contribution in [0.15, 0.2) is 24.4 Å². The number of hydrogen-bond acceptors (Lipinski definition) is 3. The molecule has 5 N–H and O–H groups in total. The molecule has 0 unspecified atom stereocenters. The predicted molar refractivity (Wildman–Crippen MR) is 69.2 cm³/mol. The fraction of sp³-hybridized carbons (Fsp3) is 0.0909. The molecule has 0 spiro atoms. The smallest absolute Gasteiger partial charge is 0.398 e. The molecule has 9 heteroatoms. The highest BCUT2D eigenvalue weighted by Crippen LogP contribution is 2.38. The number of nitrogens with zero attached hydrogens (tertiary/aromatic N) is 1. The number of aromatic amines is 1. The van der Waals surface area contributed by atoms with E-state index in [-0.39, 0.29) is 34.9 Å². The Morgan fingerprint density at radius 2 is 1.95 bits per heavy atom. The van der Waals surface area contributed by atoms with E-state index in [9.17, 15) is 18.0 Å². The summed E-state index contributed by atoms with van der Waals surface area (Å²) in [6, 6.07) is 3.05. The number of H-pyrrole nitrogens is 1. The molecule has 1 amide bonds. The normalized spacial score (nSPS) is 10.9. The molecule has 0 aliphatic heterocycles. The topological polar surface area (TPSA) is 97.8 Å². The second-order valence-corrected chi connectivity index (χ2v) is 3.82. The molecule has 1 aromatic carbocycles. The van der Waals surface area contributed by atoms with E-state index < -0.39 is 17.6 Å². The van der Waals surface area contributed by atoms with Crippen molar-refractivity contribution in [3.63, 3.8) is 0 Å². The van der Waals surface area contributed by atoms with Gasteiger partial charge in [0.05, 0.1) is 16.8 Å². The first kappa shape index (κ1) is 15.8. The van der Waals surface area contributed by atoms with Crippen LogP contribution in [0.25, 0.3) is 11.3 Å². The van der Waals surface area contributed by atoms with Crippen LogP contribution in [0.1, 0.15) is 15.9 Å². The van der Waals surface area contributed by atoms with Gasteiger partial charge in [-0.25, -0.2) is 0 Å². The van der Waals surface area contributed by atoms with Gasteiger partial charge in [-0.2, -0.15) is 18.3 Å². The molecule has 20 heavy (non-hydrogen) atoms. The highest BCUT2D eigenvalue weighted by molar-refractivity contribution is 5.99. The van der Waals surface area contributed by atoms with Crippen LogP contribution in [0.4, 0.5) is 18.9 Å². The number of hydrogen-bond donors (Lipinski definition) is 3. The summed E-state index contributed by atoms with van der Waals surface area (Å²) in [5.74, 6) is -0.896. The Balaban J connectivity index is 0.00000200. The first-order valence-electron chi connectivity index (χ1n) is 5.11. The zero-order valence-electron chi connectivity index (χ0n) is 9.86. The maximum Gasteiger partial charge on any atom is 0.417 e. The van der Waals surface area contributed by atoms with E-state index in [1.165, 1.54) is 12.3 Å². The number of carbonyl (C=O) groups is 1. The second-order valence-electron chi connectivity index (χ2n) is 3.82. The first-order valence-corrected chi connectivity index (χ1v) is 5.11. The van der Waals surface area contributed by atoms with Gasteiger partial charge in [0.1, 0.15) is 0 Å². The lowest BCUT2D eigenvalue weighted by Crippen LogP contribution is -2.16. The minimum Gasteiger partial charge on any atom is -0.398 e. The largest absolute Gasteiger partial charge is 0.417 e. The minimum absolute atomic E-state index is 0. The number of nitrogen functional groups attached to an aromatic ring is 1. The molecule has 108 valence electrons. The summed E-state index contributed by atoms with van der Waals surface area (Å²) in [5.41, 5.74) is 8.93. The van der Waals surface area contributed by atoms with Gasteiger partial charge < -0.3 is 11.5 Å². The Morgan fingerprint density at radius 1 is 1.30 bits per heavy atom. The third-order valence-electron chi connectivity index (χ3n) is 2.55. The molecule has 0 aliphatic rings. The lowest BCUT2D eigenvalue weighted by atomic mass is 9.99. The zero-order valence-corrected chi connectivity index (χ0v) is 10.7. The van der Waals surface area contributed by atoms with Crippen molar-refractivity contribution in [2.75, 3.05) is 5.73 Å². The Kier molecular flexibility index (Phi) is 4.29. The average Bonchev–Trinajstić information content (AvgIpc) is 2.80. The molecular formula is C11H10ClF3N4O. The lowest BCUT2D eigenvalue weighted by Gasteiger charge is -2.14. The Labute approximate surface area is 117 Å². The molecule has 0 radical (unpaired) electrons. The Hall–Kier alpha value is -2.22.